The molecule has 4 nitrogen and oxygen atoms in total. The second-order valence-electron chi connectivity index (χ2n) is 6.01. The number of likely N-dealkylation sites (N-methyl/N-ethyl adjacent to an activating group) is 2. The van der Waals surface area contributed by atoms with Crippen LogP contribution in [0.25, 0.3) is 0 Å². The van der Waals surface area contributed by atoms with Gasteiger partial charge in [-0.25, -0.2) is 0 Å². The number of nitrogens with one attached hydrogen (secondary N) is 1. The molecule has 4 heteroatoms. The van der Waals surface area contributed by atoms with Gasteiger partial charge in [-0.1, -0.05) is 6.92 Å². The molecule has 0 saturated carbocycles. The minimum Gasteiger partial charge on any atom is -0.469 e. The van der Waals surface area contributed by atoms with E-state index in [0.29, 0.717) is 12.1 Å². The quantitative estimate of drug-likeness (QED) is 0.861. The second kappa shape index (κ2) is 7.81. The lowest BCUT2D eigenvalue weighted by atomic mass is 10.0. The van der Waals surface area contributed by atoms with Gasteiger partial charge in [-0.3, -0.25) is 0 Å². The van der Waals surface area contributed by atoms with E-state index >= 15 is 0 Å². The van der Waals surface area contributed by atoms with Crippen LogP contribution < -0.4 is 5.32 Å². The Kier molecular flexibility index (Phi) is 6.07. The van der Waals surface area contributed by atoms with Crippen LogP contribution in [0, 0.1) is 0 Å². The van der Waals surface area contributed by atoms with Crippen LogP contribution in [0.3, 0.4) is 0 Å². The minimum atomic E-state index is 0.451. The average molecular weight is 279 g/mol. The molecule has 114 valence electrons. The molecule has 1 aromatic heterocycles. The summed E-state index contributed by atoms with van der Waals surface area (Å²) in [5.74, 6) is 1.08. The summed E-state index contributed by atoms with van der Waals surface area (Å²) in [6.07, 6.45) is 5.16. The predicted octanol–water partition coefficient (Wildman–Crippen LogP) is 1.83. The van der Waals surface area contributed by atoms with Gasteiger partial charge in [0.15, 0.2) is 0 Å². The molecular weight excluding hydrogens is 250 g/mol. The fourth-order valence-electron chi connectivity index (χ4n) is 3.06. The molecule has 1 aliphatic heterocycles. The zero-order valence-corrected chi connectivity index (χ0v) is 13.1. The molecule has 1 aromatic rings. The molecule has 0 aromatic carbocycles. The van der Waals surface area contributed by atoms with Crippen LogP contribution in [-0.4, -0.2) is 62.2 Å². The molecule has 1 N–H and O–H groups in total. The highest BCUT2D eigenvalue weighted by atomic mass is 16.3. The SMILES string of the molecule is CCCNC(Cc1ccco1)C1CN(C)CCCN1C. The van der Waals surface area contributed by atoms with Crippen molar-refractivity contribution in [3.8, 4) is 0 Å². The molecule has 0 radical (unpaired) electrons. The lowest BCUT2D eigenvalue weighted by Crippen LogP contribution is -2.53. The Hall–Kier alpha value is -0.840. The monoisotopic (exact) mass is 279 g/mol. The number of furan rings is 1. The van der Waals surface area contributed by atoms with Crippen molar-refractivity contribution in [1.82, 2.24) is 15.1 Å². The fraction of sp³-hybridized carbons (Fsp3) is 0.750. The van der Waals surface area contributed by atoms with Gasteiger partial charge >= 0.3 is 0 Å². The summed E-state index contributed by atoms with van der Waals surface area (Å²) in [5, 5.41) is 3.73. The Balaban J connectivity index is 2.06. The van der Waals surface area contributed by atoms with E-state index in [1.165, 1.54) is 25.9 Å². The zero-order chi connectivity index (χ0) is 14.4. The van der Waals surface area contributed by atoms with Gasteiger partial charge in [0.25, 0.3) is 0 Å². The van der Waals surface area contributed by atoms with Crippen LogP contribution in [0.2, 0.25) is 0 Å². The van der Waals surface area contributed by atoms with E-state index in [4.69, 9.17) is 4.42 Å². The lowest BCUT2D eigenvalue weighted by molar-refractivity contribution is 0.173. The standard InChI is InChI=1S/C16H29N3O/c1-4-8-17-15(12-14-7-5-11-20-14)16-13-18(2)9-6-10-19(16)3/h5,7,11,15-17H,4,6,8-10,12-13H2,1-3H3. The van der Waals surface area contributed by atoms with E-state index < -0.39 is 0 Å². The van der Waals surface area contributed by atoms with E-state index in [0.717, 1.165) is 25.3 Å². The molecular formula is C16H29N3O. The van der Waals surface area contributed by atoms with Crippen LogP contribution in [0.15, 0.2) is 22.8 Å². The second-order valence-corrected chi connectivity index (χ2v) is 6.01. The number of hydrogen-bond acceptors (Lipinski definition) is 4. The van der Waals surface area contributed by atoms with Gasteiger partial charge in [-0.05, 0) is 58.7 Å². The largest absolute Gasteiger partial charge is 0.469 e. The Morgan fingerprint density at radius 3 is 2.95 bits per heavy atom. The van der Waals surface area contributed by atoms with Crippen LogP contribution in [-0.2, 0) is 6.42 Å². The molecule has 0 aliphatic carbocycles. The smallest absolute Gasteiger partial charge is 0.105 e. The van der Waals surface area contributed by atoms with Crippen LogP contribution in [0.5, 0.6) is 0 Å². The number of hydrogen-bond donors (Lipinski definition) is 1. The molecule has 2 atom stereocenters. The Bertz CT molecular complexity index is 366. The van der Waals surface area contributed by atoms with Crippen LogP contribution >= 0.6 is 0 Å². The molecule has 1 aliphatic rings. The molecule has 1 saturated heterocycles. The molecule has 2 rings (SSSR count). The highest BCUT2D eigenvalue weighted by Crippen LogP contribution is 2.15. The highest BCUT2D eigenvalue weighted by Gasteiger charge is 2.28. The van der Waals surface area contributed by atoms with Crippen molar-refractivity contribution in [2.45, 2.75) is 38.3 Å². The van der Waals surface area contributed by atoms with Crippen LogP contribution in [0.4, 0.5) is 0 Å². The third-order valence-electron chi connectivity index (χ3n) is 4.24. The summed E-state index contributed by atoms with van der Waals surface area (Å²) in [5.41, 5.74) is 0. The van der Waals surface area contributed by atoms with Crippen molar-refractivity contribution in [1.29, 1.82) is 0 Å². The van der Waals surface area contributed by atoms with Gasteiger partial charge < -0.3 is 19.5 Å². The Morgan fingerprint density at radius 2 is 2.25 bits per heavy atom. The van der Waals surface area contributed by atoms with Gasteiger partial charge in [0, 0.05) is 25.0 Å². The maximum atomic E-state index is 5.56. The molecule has 0 spiro atoms. The zero-order valence-electron chi connectivity index (χ0n) is 13.1. The molecule has 20 heavy (non-hydrogen) atoms. The van der Waals surface area contributed by atoms with Gasteiger partial charge in [0.2, 0.25) is 0 Å². The summed E-state index contributed by atoms with van der Waals surface area (Å²) in [6.45, 7) is 6.79. The van der Waals surface area contributed by atoms with Gasteiger partial charge in [-0.15, -0.1) is 0 Å². The third-order valence-corrected chi connectivity index (χ3v) is 4.24. The summed E-state index contributed by atoms with van der Waals surface area (Å²) in [4.78, 5) is 4.97. The fourth-order valence-corrected chi connectivity index (χ4v) is 3.06. The number of rotatable bonds is 6. The molecule has 2 heterocycles. The van der Waals surface area contributed by atoms with Crippen molar-refractivity contribution < 1.29 is 4.42 Å². The average Bonchev–Trinajstić information content (AvgIpc) is 2.87. The lowest BCUT2D eigenvalue weighted by Gasteiger charge is -2.35. The molecule has 0 amide bonds. The van der Waals surface area contributed by atoms with E-state index in [1.54, 1.807) is 6.26 Å². The minimum absolute atomic E-state index is 0.451. The van der Waals surface area contributed by atoms with Crippen molar-refractivity contribution >= 4 is 0 Å². The number of nitrogens with zero attached hydrogens (tertiary/aromatic N) is 2. The van der Waals surface area contributed by atoms with E-state index in [1.807, 2.05) is 6.07 Å². The third kappa shape index (κ3) is 4.33. The maximum absolute atomic E-state index is 5.56. The van der Waals surface area contributed by atoms with E-state index in [2.05, 4.69) is 42.2 Å². The first-order valence-corrected chi connectivity index (χ1v) is 7.85. The topological polar surface area (TPSA) is 31.7 Å². The first-order chi connectivity index (χ1) is 9.70. The molecule has 1 fully saturated rings. The van der Waals surface area contributed by atoms with Crippen molar-refractivity contribution in [2.24, 2.45) is 0 Å². The van der Waals surface area contributed by atoms with Crippen LogP contribution in [0.1, 0.15) is 25.5 Å². The Morgan fingerprint density at radius 1 is 1.40 bits per heavy atom. The normalized spacial score (nSPS) is 23.6. The summed E-state index contributed by atoms with van der Waals surface area (Å²) >= 11 is 0. The van der Waals surface area contributed by atoms with Gasteiger partial charge in [-0.2, -0.15) is 0 Å². The first-order valence-electron chi connectivity index (χ1n) is 7.85. The molecule has 2 unspecified atom stereocenters. The Labute approximate surface area is 123 Å². The molecule has 0 bridgehead atoms. The summed E-state index contributed by atoms with van der Waals surface area (Å²) in [6, 6.07) is 5.06. The van der Waals surface area contributed by atoms with Gasteiger partial charge in [0.05, 0.1) is 6.26 Å². The van der Waals surface area contributed by atoms with Gasteiger partial charge in [0.1, 0.15) is 5.76 Å². The van der Waals surface area contributed by atoms with Crippen molar-refractivity contribution in [2.75, 3.05) is 40.3 Å². The van der Waals surface area contributed by atoms with E-state index in [-0.39, 0.29) is 0 Å². The first kappa shape index (κ1) is 15.5. The van der Waals surface area contributed by atoms with Crippen molar-refractivity contribution in [3.63, 3.8) is 0 Å². The predicted molar refractivity (Wildman–Crippen MR) is 83.0 cm³/mol. The summed E-state index contributed by atoms with van der Waals surface area (Å²) < 4.78 is 5.56. The highest BCUT2D eigenvalue weighted by molar-refractivity contribution is 5.03. The van der Waals surface area contributed by atoms with Crippen molar-refractivity contribution in [3.05, 3.63) is 24.2 Å². The summed E-state index contributed by atoms with van der Waals surface area (Å²) in [7, 11) is 4.49. The van der Waals surface area contributed by atoms with E-state index in [9.17, 15) is 0 Å². The maximum Gasteiger partial charge on any atom is 0.105 e.